The summed E-state index contributed by atoms with van der Waals surface area (Å²) >= 11 is 4.82. The molecule has 0 fully saturated rings. The van der Waals surface area contributed by atoms with Gasteiger partial charge in [-0.25, -0.2) is 9.97 Å². The zero-order chi connectivity index (χ0) is 9.68. The van der Waals surface area contributed by atoms with Crippen molar-refractivity contribution in [1.82, 2.24) is 9.97 Å². The quantitative estimate of drug-likeness (QED) is 0.635. The van der Waals surface area contributed by atoms with E-state index in [4.69, 9.17) is 5.11 Å². The van der Waals surface area contributed by atoms with Crippen molar-refractivity contribution in [1.29, 1.82) is 0 Å². The van der Waals surface area contributed by atoms with Crippen LogP contribution in [-0.2, 0) is 0 Å². The minimum atomic E-state index is 0.149. The summed E-state index contributed by atoms with van der Waals surface area (Å²) in [5.41, 5.74) is 0. The molecule has 1 rings (SSSR count). The summed E-state index contributed by atoms with van der Waals surface area (Å²) in [6.45, 7) is 0.149. The molecule has 0 aliphatic heterocycles. The van der Waals surface area contributed by atoms with Crippen LogP contribution in [-0.4, -0.2) is 34.5 Å². The molecule has 1 heterocycles. The first-order valence-electron chi connectivity index (χ1n) is 3.72. The maximum Gasteiger partial charge on any atom is 0.223 e. The first-order valence-corrected chi connectivity index (χ1v) is 5.49. The third kappa shape index (κ3) is 3.13. The van der Waals surface area contributed by atoms with Gasteiger partial charge in [0.15, 0.2) is 0 Å². The SMILES string of the molecule is CNc1ncc(Br)c(SCCO)n1. The van der Waals surface area contributed by atoms with Gasteiger partial charge >= 0.3 is 0 Å². The van der Waals surface area contributed by atoms with Crippen LogP contribution in [0.2, 0.25) is 0 Å². The van der Waals surface area contributed by atoms with Gasteiger partial charge in [0.05, 0.1) is 11.1 Å². The second kappa shape index (κ2) is 5.41. The van der Waals surface area contributed by atoms with Crippen LogP contribution in [0.1, 0.15) is 0 Å². The molecule has 0 aromatic carbocycles. The van der Waals surface area contributed by atoms with Crippen LogP contribution in [0.15, 0.2) is 15.7 Å². The van der Waals surface area contributed by atoms with Crippen LogP contribution in [0.3, 0.4) is 0 Å². The fourth-order valence-electron chi connectivity index (χ4n) is 0.715. The predicted octanol–water partition coefficient (Wildman–Crippen LogP) is 1.37. The van der Waals surface area contributed by atoms with Crippen molar-refractivity contribution < 1.29 is 5.11 Å². The first kappa shape index (κ1) is 10.7. The van der Waals surface area contributed by atoms with Gasteiger partial charge in [-0.15, -0.1) is 11.8 Å². The van der Waals surface area contributed by atoms with E-state index in [1.165, 1.54) is 11.8 Å². The molecule has 13 heavy (non-hydrogen) atoms. The smallest absolute Gasteiger partial charge is 0.223 e. The van der Waals surface area contributed by atoms with Crippen molar-refractivity contribution >= 4 is 33.6 Å². The number of aliphatic hydroxyl groups is 1. The van der Waals surface area contributed by atoms with Gasteiger partial charge in [-0.05, 0) is 15.9 Å². The molecule has 0 saturated heterocycles. The van der Waals surface area contributed by atoms with Gasteiger partial charge in [-0.1, -0.05) is 0 Å². The zero-order valence-electron chi connectivity index (χ0n) is 7.12. The number of aliphatic hydroxyl groups excluding tert-OH is 1. The maximum atomic E-state index is 8.65. The summed E-state index contributed by atoms with van der Waals surface area (Å²) in [5, 5.41) is 12.3. The highest BCUT2D eigenvalue weighted by Gasteiger charge is 2.03. The Morgan fingerprint density at radius 3 is 3.08 bits per heavy atom. The third-order valence-corrected chi connectivity index (χ3v) is 3.08. The standard InChI is InChI=1S/C7H10BrN3OS/c1-9-7-10-4-5(8)6(11-7)13-3-2-12/h4,12H,2-3H2,1H3,(H,9,10,11). The van der Waals surface area contributed by atoms with Crippen LogP contribution in [0.4, 0.5) is 5.95 Å². The fourth-order valence-corrected chi connectivity index (χ4v) is 1.88. The monoisotopic (exact) mass is 263 g/mol. The average Bonchev–Trinajstić information content (AvgIpc) is 2.17. The van der Waals surface area contributed by atoms with E-state index in [1.54, 1.807) is 13.2 Å². The molecule has 72 valence electrons. The molecule has 0 bridgehead atoms. The number of hydrogen-bond donors (Lipinski definition) is 2. The largest absolute Gasteiger partial charge is 0.396 e. The molecular formula is C7H10BrN3OS. The summed E-state index contributed by atoms with van der Waals surface area (Å²) in [4.78, 5) is 8.23. The lowest BCUT2D eigenvalue weighted by Crippen LogP contribution is -1.98. The van der Waals surface area contributed by atoms with Crippen LogP contribution >= 0.6 is 27.7 Å². The molecule has 0 radical (unpaired) electrons. The van der Waals surface area contributed by atoms with E-state index in [-0.39, 0.29) is 6.61 Å². The van der Waals surface area contributed by atoms with Crippen molar-refractivity contribution in [3.8, 4) is 0 Å². The summed E-state index contributed by atoms with van der Waals surface area (Å²) in [6.07, 6.45) is 1.69. The lowest BCUT2D eigenvalue weighted by Gasteiger charge is -2.03. The zero-order valence-corrected chi connectivity index (χ0v) is 9.52. The highest BCUT2D eigenvalue weighted by molar-refractivity contribution is 9.10. The molecule has 4 nitrogen and oxygen atoms in total. The van der Waals surface area contributed by atoms with E-state index < -0.39 is 0 Å². The van der Waals surface area contributed by atoms with Crippen molar-refractivity contribution in [2.24, 2.45) is 0 Å². The van der Waals surface area contributed by atoms with Crippen LogP contribution in [0.5, 0.6) is 0 Å². The molecule has 2 N–H and O–H groups in total. The second-order valence-electron chi connectivity index (χ2n) is 2.17. The lowest BCUT2D eigenvalue weighted by molar-refractivity contribution is 0.322. The molecule has 1 aromatic heterocycles. The van der Waals surface area contributed by atoms with Crippen molar-refractivity contribution in [3.63, 3.8) is 0 Å². The second-order valence-corrected chi connectivity index (χ2v) is 4.11. The van der Waals surface area contributed by atoms with Crippen molar-refractivity contribution in [3.05, 3.63) is 10.7 Å². The number of nitrogens with one attached hydrogen (secondary N) is 1. The van der Waals surface area contributed by atoms with Gasteiger partial charge < -0.3 is 10.4 Å². The number of thioether (sulfide) groups is 1. The summed E-state index contributed by atoms with van der Waals surface area (Å²) < 4.78 is 0.852. The van der Waals surface area contributed by atoms with E-state index in [0.29, 0.717) is 11.7 Å². The van der Waals surface area contributed by atoms with E-state index in [9.17, 15) is 0 Å². The molecule has 0 atom stereocenters. The van der Waals surface area contributed by atoms with Crippen molar-refractivity contribution in [2.45, 2.75) is 5.03 Å². The Kier molecular flexibility index (Phi) is 4.47. The molecular weight excluding hydrogens is 254 g/mol. The summed E-state index contributed by atoms with van der Waals surface area (Å²) in [6, 6.07) is 0. The Hall–Kier alpha value is -0.330. The summed E-state index contributed by atoms with van der Waals surface area (Å²) in [7, 11) is 1.77. The molecule has 0 spiro atoms. The highest BCUT2D eigenvalue weighted by Crippen LogP contribution is 2.25. The Bertz CT molecular complexity index is 284. The third-order valence-electron chi connectivity index (χ3n) is 1.27. The minimum absolute atomic E-state index is 0.149. The number of aromatic nitrogens is 2. The van der Waals surface area contributed by atoms with E-state index in [1.807, 2.05) is 0 Å². The number of nitrogens with zero attached hydrogens (tertiary/aromatic N) is 2. The van der Waals surface area contributed by atoms with E-state index >= 15 is 0 Å². The van der Waals surface area contributed by atoms with Gasteiger partial charge in [-0.2, -0.15) is 0 Å². The summed E-state index contributed by atoms with van der Waals surface area (Å²) in [5.74, 6) is 1.22. The minimum Gasteiger partial charge on any atom is -0.396 e. The number of hydrogen-bond acceptors (Lipinski definition) is 5. The highest BCUT2D eigenvalue weighted by atomic mass is 79.9. The van der Waals surface area contributed by atoms with Crippen molar-refractivity contribution in [2.75, 3.05) is 24.7 Å². The molecule has 1 aromatic rings. The van der Waals surface area contributed by atoms with Gasteiger partial charge in [0.1, 0.15) is 5.03 Å². The van der Waals surface area contributed by atoms with Crippen LogP contribution < -0.4 is 5.32 Å². The number of halogens is 1. The lowest BCUT2D eigenvalue weighted by atomic mass is 10.7. The predicted molar refractivity (Wildman–Crippen MR) is 57.1 cm³/mol. The molecule has 0 unspecified atom stereocenters. The Labute approximate surface area is 89.3 Å². The van der Waals surface area contributed by atoms with Gasteiger partial charge in [0.2, 0.25) is 5.95 Å². The Balaban J connectivity index is 2.78. The molecule has 0 saturated carbocycles. The maximum absolute atomic E-state index is 8.65. The van der Waals surface area contributed by atoms with E-state index in [2.05, 4.69) is 31.2 Å². The van der Waals surface area contributed by atoms with Gasteiger partial charge in [0, 0.05) is 19.0 Å². The average molecular weight is 264 g/mol. The van der Waals surface area contributed by atoms with Gasteiger partial charge in [-0.3, -0.25) is 0 Å². The number of rotatable bonds is 4. The first-order chi connectivity index (χ1) is 6.27. The van der Waals surface area contributed by atoms with Crippen LogP contribution in [0, 0.1) is 0 Å². The van der Waals surface area contributed by atoms with Crippen LogP contribution in [0.25, 0.3) is 0 Å². The molecule has 6 heteroatoms. The fraction of sp³-hybridized carbons (Fsp3) is 0.429. The normalized spacial score (nSPS) is 10.1. The Morgan fingerprint density at radius 1 is 1.69 bits per heavy atom. The Morgan fingerprint density at radius 2 is 2.46 bits per heavy atom. The van der Waals surface area contributed by atoms with Gasteiger partial charge in [0.25, 0.3) is 0 Å². The molecule has 0 aliphatic carbocycles. The molecule has 0 amide bonds. The number of anilines is 1. The van der Waals surface area contributed by atoms with E-state index in [0.717, 1.165) is 9.50 Å². The topological polar surface area (TPSA) is 58.0 Å². The molecule has 0 aliphatic rings.